The molecule has 3 aromatic rings. The number of thiocarbonyl (C=S) groups is 1. The van der Waals surface area contributed by atoms with Crippen LogP contribution in [0.2, 0.25) is 0 Å². The number of benzene rings is 1. The third kappa shape index (κ3) is 15.1. The van der Waals surface area contributed by atoms with Gasteiger partial charge in [0.25, 0.3) is 0 Å². The standard InChI is InChI=1S/C7H4F3.2C5H5.CNS.Ti/c8-7(9,10)6-4-2-1-3-5-6;2*1-2-4-5-3-1;2-1-3;/h1-4H;2*1-5H;;/q4*-1;+4. The van der Waals surface area contributed by atoms with E-state index in [0.29, 0.717) is 0 Å². The fraction of sp³-hybridized carbons (Fsp3) is 0.0556. The van der Waals surface area contributed by atoms with Crippen LogP contribution in [0.15, 0.2) is 84.9 Å². The normalized spacial score (nSPS) is 8.46. The molecule has 0 bridgehead atoms. The average Bonchev–Trinajstić information content (AvgIpc) is 3.27. The molecular weight excluding hydrogens is 367 g/mol. The number of nitrogens with zero attached hydrogens (tertiary/aromatic N) is 1. The minimum Gasteiger partial charge on any atom is -0.753 e. The first-order chi connectivity index (χ1) is 11.0. The molecule has 0 heterocycles. The van der Waals surface area contributed by atoms with Crippen molar-refractivity contribution in [1.29, 1.82) is 0 Å². The van der Waals surface area contributed by atoms with Gasteiger partial charge >= 0.3 is 27.9 Å². The fourth-order valence-electron chi connectivity index (χ4n) is 1.21. The first-order valence-corrected chi connectivity index (χ1v) is 6.81. The molecule has 0 amide bonds. The van der Waals surface area contributed by atoms with Gasteiger partial charge in [-0.2, -0.15) is 85.1 Å². The van der Waals surface area contributed by atoms with Gasteiger partial charge in [-0.3, -0.25) is 0 Å². The summed E-state index contributed by atoms with van der Waals surface area (Å²) in [4.78, 5) is 0. The van der Waals surface area contributed by atoms with E-state index in [4.69, 9.17) is 5.41 Å². The largest absolute Gasteiger partial charge is 4.00 e. The molecule has 0 atom stereocenters. The molecule has 0 fully saturated rings. The molecule has 122 valence electrons. The van der Waals surface area contributed by atoms with Crippen molar-refractivity contribution in [1.82, 2.24) is 0 Å². The summed E-state index contributed by atoms with van der Waals surface area (Å²) in [5, 5.41) is 8.47. The van der Waals surface area contributed by atoms with E-state index in [1.165, 1.54) is 23.4 Å². The molecule has 0 radical (unpaired) electrons. The maximum atomic E-state index is 11.8. The summed E-state index contributed by atoms with van der Waals surface area (Å²) in [5.41, 5.74) is -0.727. The number of alkyl halides is 3. The van der Waals surface area contributed by atoms with Crippen LogP contribution in [0.5, 0.6) is 0 Å². The van der Waals surface area contributed by atoms with Gasteiger partial charge in [0, 0.05) is 0 Å². The Bertz CT molecular complexity index is 539. The van der Waals surface area contributed by atoms with Crippen LogP contribution >= 0.6 is 12.2 Å². The zero-order valence-corrected chi connectivity index (χ0v) is 15.0. The Morgan fingerprint density at radius 3 is 1.50 bits per heavy atom. The van der Waals surface area contributed by atoms with E-state index in [2.05, 4.69) is 18.3 Å². The summed E-state index contributed by atoms with van der Waals surface area (Å²) < 4.78 is 35.3. The summed E-state index contributed by atoms with van der Waals surface area (Å²) >= 11 is 3.70. The molecule has 0 aliphatic heterocycles. The second kappa shape index (κ2) is 16.1. The van der Waals surface area contributed by atoms with Crippen molar-refractivity contribution in [3.05, 3.63) is 102 Å². The number of halogens is 3. The Kier molecular flexibility index (Phi) is 16.4. The van der Waals surface area contributed by atoms with Crippen molar-refractivity contribution in [3.63, 3.8) is 0 Å². The van der Waals surface area contributed by atoms with Crippen LogP contribution in [0.3, 0.4) is 0 Å². The van der Waals surface area contributed by atoms with E-state index < -0.39 is 11.7 Å². The van der Waals surface area contributed by atoms with Crippen molar-refractivity contribution in [2.75, 3.05) is 0 Å². The molecule has 0 N–H and O–H groups in total. The quantitative estimate of drug-likeness (QED) is 0.203. The summed E-state index contributed by atoms with van der Waals surface area (Å²) in [6.07, 6.45) is -4.26. The first kappa shape index (κ1) is 24.5. The fourth-order valence-corrected chi connectivity index (χ4v) is 1.21. The van der Waals surface area contributed by atoms with E-state index >= 15 is 0 Å². The van der Waals surface area contributed by atoms with Crippen molar-refractivity contribution in [3.8, 4) is 0 Å². The van der Waals surface area contributed by atoms with Crippen LogP contribution in [0.25, 0.3) is 5.41 Å². The van der Waals surface area contributed by atoms with Gasteiger partial charge in [0.1, 0.15) is 0 Å². The van der Waals surface area contributed by atoms with E-state index in [1.807, 2.05) is 60.7 Å². The van der Waals surface area contributed by atoms with E-state index in [1.54, 1.807) is 0 Å². The first-order valence-electron chi connectivity index (χ1n) is 6.41. The molecule has 3 rings (SSSR count). The summed E-state index contributed by atoms with van der Waals surface area (Å²) in [5.74, 6) is 0. The van der Waals surface area contributed by atoms with Crippen LogP contribution in [0.1, 0.15) is 5.56 Å². The van der Waals surface area contributed by atoms with Crippen molar-refractivity contribution >= 4 is 17.4 Å². The molecule has 0 saturated carbocycles. The molecular formula is C18H14F3NSTi. The molecule has 1 nitrogen and oxygen atoms in total. The SMILES string of the molecule is FC(F)(F)c1[c-]cccc1.[N-]=C=S.[Ti+4].c1cc[cH-]c1.c1cc[cH-]c1. The zero-order chi connectivity index (χ0) is 17.4. The number of rotatable bonds is 0. The molecule has 0 spiro atoms. The maximum absolute atomic E-state index is 11.8. The van der Waals surface area contributed by atoms with Gasteiger partial charge in [0.05, 0.1) is 0 Å². The molecule has 24 heavy (non-hydrogen) atoms. The van der Waals surface area contributed by atoms with Gasteiger partial charge in [0.15, 0.2) is 0 Å². The Morgan fingerprint density at radius 1 is 0.917 bits per heavy atom. The third-order valence-electron chi connectivity index (χ3n) is 2.13. The second-order valence-electron chi connectivity index (χ2n) is 3.79. The minimum absolute atomic E-state index is 0. The molecule has 0 saturated heterocycles. The minimum atomic E-state index is -4.26. The molecule has 3 aromatic carbocycles. The number of hydrogen-bond acceptors (Lipinski definition) is 1. The number of hydrogen-bond donors (Lipinski definition) is 0. The second-order valence-corrected chi connectivity index (χ2v) is 3.97. The Balaban J connectivity index is 0. The van der Waals surface area contributed by atoms with Crippen molar-refractivity contribution in [2.45, 2.75) is 6.18 Å². The molecule has 0 unspecified atom stereocenters. The van der Waals surface area contributed by atoms with Crippen LogP contribution in [0.4, 0.5) is 13.2 Å². The molecule has 0 aliphatic rings. The van der Waals surface area contributed by atoms with Crippen molar-refractivity contribution in [2.24, 2.45) is 0 Å². The van der Waals surface area contributed by atoms with E-state index in [-0.39, 0.29) is 21.7 Å². The van der Waals surface area contributed by atoms with Gasteiger partial charge in [-0.1, -0.05) is 17.8 Å². The monoisotopic (exact) mass is 381 g/mol. The summed E-state index contributed by atoms with van der Waals surface area (Å²) in [6.45, 7) is 0. The van der Waals surface area contributed by atoms with Crippen molar-refractivity contribution < 1.29 is 34.9 Å². The van der Waals surface area contributed by atoms with Gasteiger partial charge in [0.2, 0.25) is 0 Å². The van der Waals surface area contributed by atoms with Crippen LogP contribution < -0.4 is 0 Å². The average molecular weight is 381 g/mol. The zero-order valence-electron chi connectivity index (χ0n) is 12.6. The van der Waals surface area contributed by atoms with Crippen LogP contribution in [-0.2, 0) is 27.9 Å². The maximum Gasteiger partial charge on any atom is 4.00 e. The Morgan fingerprint density at radius 2 is 1.33 bits per heavy atom. The molecule has 6 heteroatoms. The van der Waals surface area contributed by atoms with E-state index in [0.717, 1.165) is 6.07 Å². The van der Waals surface area contributed by atoms with Crippen LogP contribution in [0, 0.1) is 6.07 Å². The smallest absolute Gasteiger partial charge is 0.753 e. The number of isothiocyanates is 1. The van der Waals surface area contributed by atoms with E-state index in [9.17, 15) is 13.2 Å². The van der Waals surface area contributed by atoms with Gasteiger partial charge in [-0.15, -0.1) is 0 Å². The topological polar surface area (TPSA) is 22.3 Å². The predicted molar refractivity (Wildman–Crippen MR) is 90.3 cm³/mol. The van der Waals surface area contributed by atoms with Gasteiger partial charge in [-0.25, -0.2) is 24.3 Å². The third-order valence-corrected chi connectivity index (χ3v) is 2.13. The van der Waals surface area contributed by atoms with Gasteiger partial charge < -0.3 is 5.41 Å². The molecule has 0 aromatic heterocycles. The predicted octanol–water partition coefficient (Wildman–Crippen LogP) is 5.97. The Hall–Kier alpha value is -1.78. The summed E-state index contributed by atoms with van der Waals surface area (Å²) in [7, 11) is 0. The summed E-state index contributed by atoms with van der Waals surface area (Å²) in [6, 6.07) is 27.1. The Labute approximate surface area is 160 Å². The van der Waals surface area contributed by atoms with Gasteiger partial charge in [-0.05, 0) is 0 Å². The molecule has 0 aliphatic carbocycles. The van der Waals surface area contributed by atoms with Crippen LogP contribution in [-0.4, -0.2) is 5.16 Å².